The van der Waals surface area contributed by atoms with Crippen LogP contribution in [-0.2, 0) is 6.42 Å². The van der Waals surface area contributed by atoms with E-state index in [1.807, 2.05) is 29.2 Å². The maximum atomic E-state index is 12.3. The summed E-state index contributed by atoms with van der Waals surface area (Å²) in [5.41, 5.74) is 2.03. The van der Waals surface area contributed by atoms with Crippen LogP contribution in [0.4, 0.5) is 4.79 Å². The number of aliphatic hydroxyl groups is 1. The van der Waals surface area contributed by atoms with E-state index in [1.165, 1.54) is 0 Å². The third kappa shape index (κ3) is 4.06. The summed E-state index contributed by atoms with van der Waals surface area (Å²) in [5.74, 6) is 0.957. The molecule has 1 saturated heterocycles. The number of benzene rings is 1. The number of rotatable bonds is 6. The van der Waals surface area contributed by atoms with Gasteiger partial charge in [0.25, 0.3) is 0 Å². The Morgan fingerprint density at radius 2 is 2.33 bits per heavy atom. The van der Waals surface area contributed by atoms with Crippen molar-refractivity contribution in [2.45, 2.75) is 51.2 Å². The second kappa shape index (κ2) is 7.66. The molecule has 2 heterocycles. The highest BCUT2D eigenvalue weighted by Crippen LogP contribution is 2.21. The number of urea groups is 1. The number of aliphatic hydroxyl groups excluding tert-OH is 1. The molecule has 130 valence electrons. The third-order valence-corrected chi connectivity index (χ3v) is 4.56. The molecule has 6 heteroatoms. The molecular formula is C18H26N4O2. The van der Waals surface area contributed by atoms with Gasteiger partial charge in [-0.1, -0.05) is 12.1 Å². The van der Waals surface area contributed by atoms with Crippen molar-refractivity contribution in [3.05, 3.63) is 30.1 Å². The third-order valence-electron chi connectivity index (χ3n) is 4.56. The average Bonchev–Trinajstić information content (AvgIpc) is 3.16. The van der Waals surface area contributed by atoms with Crippen molar-refractivity contribution in [1.29, 1.82) is 0 Å². The molecule has 0 spiro atoms. The summed E-state index contributed by atoms with van der Waals surface area (Å²) in [7, 11) is 0. The summed E-state index contributed by atoms with van der Waals surface area (Å²) in [5, 5.41) is 12.5. The second-order valence-electron chi connectivity index (χ2n) is 6.61. The van der Waals surface area contributed by atoms with Crippen LogP contribution in [0.2, 0.25) is 0 Å². The maximum Gasteiger partial charge on any atom is 0.317 e. The molecule has 1 aliphatic heterocycles. The number of imidazole rings is 1. The highest BCUT2D eigenvalue weighted by molar-refractivity contribution is 5.75. The lowest BCUT2D eigenvalue weighted by molar-refractivity contribution is 0.138. The van der Waals surface area contributed by atoms with Crippen molar-refractivity contribution in [1.82, 2.24) is 20.2 Å². The molecule has 2 atom stereocenters. The summed E-state index contributed by atoms with van der Waals surface area (Å²) in [6.45, 7) is 3.20. The fraction of sp³-hybridized carbons (Fsp3) is 0.556. The first-order valence-electron chi connectivity index (χ1n) is 8.79. The lowest BCUT2D eigenvalue weighted by atomic mass is 10.1. The van der Waals surface area contributed by atoms with Crippen molar-refractivity contribution in [2.24, 2.45) is 0 Å². The number of aromatic nitrogens is 2. The van der Waals surface area contributed by atoms with Crippen LogP contribution in [0, 0.1) is 0 Å². The molecule has 1 fully saturated rings. The number of hydrogen-bond donors (Lipinski definition) is 3. The van der Waals surface area contributed by atoms with Gasteiger partial charge in [-0.15, -0.1) is 0 Å². The van der Waals surface area contributed by atoms with Gasteiger partial charge in [-0.2, -0.15) is 0 Å². The molecule has 1 aliphatic rings. The van der Waals surface area contributed by atoms with Crippen molar-refractivity contribution >= 4 is 17.1 Å². The largest absolute Gasteiger partial charge is 0.393 e. The molecule has 0 radical (unpaired) electrons. The average molecular weight is 330 g/mol. The SMILES string of the molecule is C[C@H](O)C[C@@H]1CCCN1C(=O)NCCCc1nc2ccccc2[nH]1. The molecule has 1 aromatic carbocycles. The van der Waals surface area contributed by atoms with Gasteiger partial charge in [0, 0.05) is 25.6 Å². The van der Waals surface area contributed by atoms with E-state index in [-0.39, 0.29) is 18.2 Å². The molecule has 1 aromatic heterocycles. The Labute approximate surface area is 142 Å². The Kier molecular flexibility index (Phi) is 5.35. The van der Waals surface area contributed by atoms with Crippen LogP contribution in [0.1, 0.15) is 38.4 Å². The van der Waals surface area contributed by atoms with Crippen LogP contribution in [0.25, 0.3) is 11.0 Å². The van der Waals surface area contributed by atoms with Gasteiger partial charge in [0.05, 0.1) is 17.1 Å². The molecule has 0 aliphatic carbocycles. The number of carbonyl (C=O) groups is 1. The number of nitrogens with zero attached hydrogens (tertiary/aromatic N) is 2. The van der Waals surface area contributed by atoms with Gasteiger partial charge in [0.1, 0.15) is 5.82 Å². The van der Waals surface area contributed by atoms with E-state index in [9.17, 15) is 9.90 Å². The fourth-order valence-corrected chi connectivity index (χ4v) is 3.42. The smallest absolute Gasteiger partial charge is 0.317 e. The number of hydrogen-bond acceptors (Lipinski definition) is 3. The predicted octanol–water partition coefficient (Wildman–Crippen LogP) is 2.44. The van der Waals surface area contributed by atoms with E-state index >= 15 is 0 Å². The van der Waals surface area contributed by atoms with Gasteiger partial charge in [-0.25, -0.2) is 9.78 Å². The highest BCUT2D eigenvalue weighted by atomic mass is 16.3. The second-order valence-corrected chi connectivity index (χ2v) is 6.61. The van der Waals surface area contributed by atoms with Gasteiger partial charge < -0.3 is 20.3 Å². The zero-order valence-corrected chi connectivity index (χ0v) is 14.2. The van der Waals surface area contributed by atoms with E-state index in [0.717, 1.165) is 49.1 Å². The molecule has 2 amide bonds. The minimum absolute atomic E-state index is 0.0113. The molecular weight excluding hydrogens is 304 g/mol. The van der Waals surface area contributed by atoms with Gasteiger partial charge in [-0.05, 0) is 44.7 Å². The molecule has 0 bridgehead atoms. The van der Waals surface area contributed by atoms with Gasteiger partial charge in [0.15, 0.2) is 0 Å². The number of likely N-dealkylation sites (tertiary alicyclic amines) is 1. The molecule has 6 nitrogen and oxygen atoms in total. The zero-order valence-electron chi connectivity index (χ0n) is 14.2. The molecule has 0 unspecified atom stereocenters. The number of H-pyrrole nitrogens is 1. The number of nitrogens with one attached hydrogen (secondary N) is 2. The van der Waals surface area contributed by atoms with E-state index < -0.39 is 0 Å². The monoisotopic (exact) mass is 330 g/mol. The van der Waals surface area contributed by atoms with Crippen LogP contribution < -0.4 is 5.32 Å². The van der Waals surface area contributed by atoms with Crippen LogP contribution in [0.3, 0.4) is 0 Å². The predicted molar refractivity (Wildman–Crippen MR) is 93.8 cm³/mol. The Morgan fingerprint density at radius 1 is 1.50 bits per heavy atom. The first kappa shape index (κ1) is 16.8. The molecule has 3 rings (SSSR count). The minimum Gasteiger partial charge on any atom is -0.393 e. The molecule has 3 N–H and O–H groups in total. The van der Waals surface area contributed by atoms with Crippen molar-refractivity contribution in [3.63, 3.8) is 0 Å². The van der Waals surface area contributed by atoms with Crippen LogP contribution in [0.5, 0.6) is 0 Å². The summed E-state index contributed by atoms with van der Waals surface area (Å²) in [6.07, 6.45) is 3.96. The molecule has 2 aromatic rings. The number of para-hydroxylation sites is 2. The number of aromatic amines is 1. The Bertz CT molecular complexity index is 649. The number of amides is 2. The zero-order chi connectivity index (χ0) is 16.9. The molecule has 0 saturated carbocycles. The van der Waals surface area contributed by atoms with Crippen molar-refractivity contribution in [3.8, 4) is 0 Å². The van der Waals surface area contributed by atoms with Gasteiger partial charge >= 0.3 is 6.03 Å². The summed E-state index contributed by atoms with van der Waals surface area (Å²) in [6, 6.07) is 8.13. The first-order chi connectivity index (χ1) is 11.6. The quantitative estimate of drug-likeness (QED) is 0.712. The Balaban J connectivity index is 1.43. The van der Waals surface area contributed by atoms with E-state index in [1.54, 1.807) is 6.92 Å². The van der Waals surface area contributed by atoms with E-state index in [2.05, 4.69) is 15.3 Å². The van der Waals surface area contributed by atoms with Gasteiger partial charge in [-0.3, -0.25) is 0 Å². The lowest BCUT2D eigenvalue weighted by Gasteiger charge is -2.25. The summed E-state index contributed by atoms with van der Waals surface area (Å²) >= 11 is 0. The lowest BCUT2D eigenvalue weighted by Crippen LogP contribution is -2.44. The summed E-state index contributed by atoms with van der Waals surface area (Å²) < 4.78 is 0. The maximum absolute atomic E-state index is 12.3. The van der Waals surface area contributed by atoms with Crippen LogP contribution in [0.15, 0.2) is 24.3 Å². The minimum atomic E-state index is -0.364. The summed E-state index contributed by atoms with van der Waals surface area (Å²) in [4.78, 5) is 22.0. The van der Waals surface area contributed by atoms with E-state index in [4.69, 9.17) is 0 Å². The molecule has 24 heavy (non-hydrogen) atoms. The number of fused-ring (bicyclic) bond motifs is 1. The van der Waals surface area contributed by atoms with Crippen molar-refractivity contribution in [2.75, 3.05) is 13.1 Å². The van der Waals surface area contributed by atoms with Crippen LogP contribution >= 0.6 is 0 Å². The fourth-order valence-electron chi connectivity index (χ4n) is 3.42. The van der Waals surface area contributed by atoms with Crippen LogP contribution in [-0.4, -0.2) is 51.2 Å². The Hall–Kier alpha value is -2.08. The topological polar surface area (TPSA) is 81.2 Å². The van der Waals surface area contributed by atoms with Crippen molar-refractivity contribution < 1.29 is 9.90 Å². The first-order valence-corrected chi connectivity index (χ1v) is 8.79. The standard InChI is InChI=1S/C18H26N4O2/c1-13(23)12-14-6-5-11-22(14)18(24)19-10-4-9-17-20-15-7-2-3-8-16(15)21-17/h2-3,7-8,13-14,23H,4-6,9-12H2,1H3,(H,19,24)(H,20,21)/t13-,14-/m0/s1. The van der Waals surface area contributed by atoms with Gasteiger partial charge in [0.2, 0.25) is 0 Å². The van der Waals surface area contributed by atoms with E-state index in [0.29, 0.717) is 13.0 Å². The highest BCUT2D eigenvalue weighted by Gasteiger charge is 2.29. The normalized spacial score (nSPS) is 18.9. The number of carbonyl (C=O) groups excluding carboxylic acids is 1. The Morgan fingerprint density at radius 3 is 3.12 bits per heavy atom. The number of aryl methyl sites for hydroxylation is 1.